The number of hydrogen-bond acceptors (Lipinski definition) is 5. The summed E-state index contributed by atoms with van der Waals surface area (Å²) in [5.41, 5.74) is 2.65. The molecule has 0 aliphatic rings. The van der Waals surface area contributed by atoms with Gasteiger partial charge in [0.25, 0.3) is 5.91 Å². The van der Waals surface area contributed by atoms with Crippen LogP contribution in [0.4, 0.5) is 17.1 Å². The van der Waals surface area contributed by atoms with Gasteiger partial charge in [-0.15, -0.1) is 0 Å². The number of nitrogens with zero attached hydrogens (tertiary/aromatic N) is 1. The molecule has 3 N–H and O–H groups in total. The number of amides is 3. The van der Waals surface area contributed by atoms with Crippen LogP contribution in [0.5, 0.6) is 0 Å². The van der Waals surface area contributed by atoms with Crippen molar-refractivity contribution in [3.8, 4) is 0 Å². The summed E-state index contributed by atoms with van der Waals surface area (Å²) in [6.07, 6.45) is 0. The highest BCUT2D eigenvalue weighted by molar-refractivity contribution is 5.96. The molecule has 0 saturated carbocycles. The predicted molar refractivity (Wildman–Crippen MR) is 113 cm³/mol. The number of ether oxygens (including phenoxy) is 1. The number of methoxy groups -OCH3 is 1. The van der Waals surface area contributed by atoms with Gasteiger partial charge in [0.2, 0.25) is 11.8 Å². The summed E-state index contributed by atoms with van der Waals surface area (Å²) in [5, 5.41) is 8.53. The molecule has 8 nitrogen and oxygen atoms in total. The Balaban J connectivity index is 1.81. The highest BCUT2D eigenvalue weighted by atomic mass is 16.5. The van der Waals surface area contributed by atoms with Crippen LogP contribution in [0.2, 0.25) is 0 Å². The molecule has 0 atom stereocenters. The lowest BCUT2D eigenvalue weighted by molar-refractivity contribution is -0.116. The first-order valence-electron chi connectivity index (χ1n) is 9.16. The summed E-state index contributed by atoms with van der Waals surface area (Å²) in [7, 11) is 3.27. The van der Waals surface area contributed by atoms with Crippen molar-refractivity contribution in [3.63, 3.8) is 0 Å². The Morgan fingerprint density at radius 1 is 0.966 bits per heavy atom. The molecule has 0 fully saturated rings. The summed E-state index contributed by atoms with van der Waals surface area (Å²) in [6, 6.07) is 13.9. The van der Waals surface area contributed by atoms with E-state index in [4.69, 9.17) is 4.74 Å². The summed E-state index contributed by atoms with van der Waals surface area (Å²) < 4.78 is 4.89. The zero-order valence-electron chi connectivity index (χ0n) is 16.8. The maximum Gasteiger partial charge on any atom is 0.251 e. The van der Waals surface area contributed by atoms with Gasteiger partial charge < -0.3 is 25.6 Å². The average Bonchev–Trinajstić information content (AvgIpc) is 2.72. The van der Waals surface area contributed by atoms with Crippen LogP contribution in [0.25, 0.3) is 0 Å². The van der Waals surface area contributed by atoms with E-state index >= 15 is 0 Å². The van der Waals surface area contributed by atoms with E-state index in [1.54, 1.807) is 62.7 Å². The van der Waals surface area contributed by atoms with Crippen LogP contribution in [-0.2, 0) is 14.3 Å². The maximum absolute atomic E-state index is 12.1. The van der Waals surface area contributed by atoms with E-state index in [9.17, 15) is 14.4 Å². The average molecular weight is 398 g/mol. The minimum absolute atomic E-state index is 0.0523. The van der Waals surface area contributed by atoms with E-state index in [-0.39, 0.29) is 24.3 Å². The van der Waals surface area contributed by atoms with Gasteiger partial charge in [-0.05, 0) is 48.5 Å². The third-order valence-corrected chi connectivity index (χ3v) is 4.20. The molecule has 0 saturated heterocycles. The third-order valence-electron chi connectivity index (χ3n) is 4.20. The molecule has 3 amide bonds. The molecule has 2 aromatic carbocycles. The largest absolute Gasteiger partial charge is 0.383 e. The van der Waals surface area contributed by atoms with Crippen molar-refractivity contribution < 1.29 is 19.1 Å². The Morgan fingerprint density at radius 2 is 1.59 bits per heavy atom. The Labute approximate surface area is 170 Å². The molecule has 2 aromatic rings. The van der Waals surface area contributed by atoms with Gasteiger partial charge in [0.05, 0.1) is 13.2 Å². The number of benzene rings is 2. The van der Waals surface area contributed by atoms with Gasteiger partial charge in [0, 0.05) is 50.3 Å². The van der Waals surface area contributed by atoms with Crippen LogP contribution in [-0.4, -0.2) is 51.6 Å². The van der Waals surface area contributed by atoms with Crippen molar-refractivity contribution >= 4 is 34.8 Å². The number of carbonyl (C=O) groups excluding carboxylic acids is 3. The Hall–Kier alpha value is -3.39. The van der Waals surface area contributed by atoms with Crippen molar-refractivity contribution in [2.75, 3.05) is 49.4 Å². The SMILES string of the molecule is COCCNC(=O)c1ccc(NC(=O)CNc2ccc(N(C)C(C)=O)cc2)cc1. The minimum atomic E-state index is -0.216. The molecule has 0 aromatic heterocycles. The van der Waals surface area contributed by atoms with Crippen molar-refractivity contribution in [3.05, 3.63) is 54.1 Å². The molecule has 0 bridgehead atoms. The molecule has 8 heteroatoms. The smallest absolute Gasteiger partial charge is 0.251 e. The Bertz CT molecular complexity index is 835. The molecule has 154 valence electrons. The van der Waals surface area contributed by atoms with E-state index in [0.717, 1.165) is 11.4 Å². The second kappa shape index (κ2) is 10.8. The van der Waals surface area contributed by atoms with E-state index in [1.807, 2.05) is 0 Å². The second-order valence-electron chi connectivity index (χ2n) is 6.35. The molecular formula is C21H26N4O4. The molecule has 0 radical (unpaired) electrons. The zero-order chi connectivity index (χ0) is 21.2. The normalized spacial score (nSPS) is 10.2. The van der Waals surface area contributed by atoms with Gasteiger partial charge in [-0.3, -0.25) is 14.4 Å². The van der Waals surface area contributed by atoms with Crippen molar-refractivity contribution in [2.24, 2.45) is 0 Å². The van der Waals surface area contributed by atoms with Gasteiger partial charge in [-0.2, -0.15) is 0 Å². The summed E-state index contributed by atoms with van der Waals surface area (Å²) >= 11 is 0. The highest BCUT2D eigenvalue weighted by Gasteiger charge is 2.08. The van der Waals surface area contributed by atoms with E-state index in [2.05, 4.69) is 16.0 Å². The van der Waals surface area contributed by atoms with Gasteiger partial charge in [-0.1, -0.05) is 0 Å². The number of anilines is 3. The first kappa shape index (κ1) is 21.9. The van der Waals surface area contributed by atoms with Crippen LogP contribution >= 0.6 is 0 Å². The monoisotopic (exact) mass is 398 g/mol. The zero-order valence-corrected chi connectivity index (χ0v) is 16.8. The van der Waals surface area contributed by atoms with E-state index in [1.165, 1.54) is 11.8 Å². The van der Waals surface area contributed by atoms with Gasteiger partial charge in [-0.25, -0.2) is 0 Å². The summed E-state index contributed by atoms with van der Waals surface area (Å²) in [6.45, 7) is 2.46. The molecule has 0 spiro atoms. The first-order valence-corrected chi connectivity index (χ1v) is 9.16. The molecule has 0 aliphatic heterocycles. The lowest BCUT2D eigenvalue weighted by atomic mass is 10.2. The van der Waals surface area contributed by atoms with Gasteiger partial charge in [0.1, 0.15) is 0 Å². The van der Waals surface area contributed by atoms with Gasteiger partial charge >= 0.3 is 0 Å². The fraction of sp³-hybridized carbons (Fsp3) is 0.286. The van der Waals surface area contributed by atoms with Crippen LogP contribution < -0.4 is 20.9 Å². The highest BCUT2D eigenvalue weighted by Crippen LogP contribution is 2.17. The maximum atomic E-state index is 12.1. The van der Waals surface area contributed by atoms with Crippen LogP contribution in [0.3, 0.4) is 0 Å². The minimum Gasteiger partial charge on any atom is -0.383 e. The standard InChI is InChI=1S/C21H26N4O4/c1-15(26)25(2)19-10-8-17(9-11-19)23-14-20(27)24-18-6-4-16(5-7-18)21(28)22-12-13-29-3/h4-11,23H,12-14H2,1-3H3,(H,22,28)(H,24,27). The van der Waals surface area contributed by atoms with Crippen LogP contribution in [0, 0.1) is 0 Å². The summed E-state index contributed by atoms with van der Waals surface area (Å²) in [4.78, 5) is 37.0. The predicted octanol–water partition coefficient (Wildman–Crippen LogP) is 2.10. The summed E-state index contributed by atoms with van der Waals surface area (Å²) in [5.74, 6) is -0.462. The fourth-order valence-corrected chi connectivity index (χ4v) is 2.45. The lowest BCUT2D eigenvalue weighted by Crippen LogP contribution is -2.27. The number of nitrogens with one attached hydrogen (secondary N) is 3. The van der Waals surface area contributed by atoms with Crippen molar-refractivity contribution in [2.45, 2.75) is 6.92 Å². The van der Waals surface area contributed by atoms with Crippen molar-refractivity contribution in [1.82, 2.24) is 5.32 Å². The van der Waals surface area contributed by atoms with Crippen LogP contribution in [0.15, 0.2) is 48.5 Å². The lowest BCUT2D eigenvalue weighted by Gasteiger charge is -2.15. The van der Waals surface area contributed by atoms with E-state index < -0.39 is 0 Å². The number of rotatable bonds is 9. The fourth-order valence-electron chi connectivity index (χ4n) is 2.45. The van der Waals surface area contributed by atoms with E-state index in [0.29, 0.717) is 24.4 Å². The molecule has 29 heavy (non-hydrogen) atoms. The molecular weight excluding hydrogens is 372 g/mol. The Kier molecular flexibility index (Phi) is 8.17. The molecule has 0 unspecified atom stereocenters. The Morgan fingerprint density at radius 3 is 2.17 bits per heavy atom. The number of carbonyl (C=O) groups is 3. The first-order chi connectivity index (χ1) is 13.9. The third kappa shape index (κ3) is 6.93. The number of hydrogen-bond donors (Lipinski definition) is 3. The molecule has 2 rings (SSSR count). The van der Waals surface area contributed by atoms with Crippen molar-refractivity contribution in [1.29, 1.82) is 0 Å². The quantitative estimate of drug-likeness (QED) is 0.562. The topological polar surface area (TPSA) is 99.8 Å². The molecule has 0 aliphatic carbocycles. The van der Waals surface area contributed by atoms with Gasteiger partial charge in [0.15, 0.2) is 0 Å². The molecule has 0 heterocycles. The van der Waals surface area contributed by atoms with Crippen LogP contribution in [0.1, 0.15) is 17.3 Å². The second-order valence-corrected chi connectivity index (χ2v) is 6.35.